The summed E-state index contributed by atoms with van der Waals surface area (Å²) >= 11 is 0. The highest BCUT2D eigenvalue weighted by atomic mass is 32.2. The average molecular weight is 518 g/mol. The van der Waals surface area contributed by atoms with E-state index in [1.54, 1.807) is 19.1 Å². The number of sulfonamides is 1. The molecule has 2 aliphatic heterocycles. The maximum Gasteiger partial charge on any atom is 0.295 e. The van der Waals surface area contributed by atoms with Crippen LogP contribution >= 0.6 is 0 Å². The number of aryl methyl sites for hydroxylation is 1. The first kappa shape index (κ1) is 26.1. The van der Waals surface area contributed by atoms with Crippen LogP contribution in [0.25, 0.3) is 5.76 Å². The first-order chi connectivity index (χ1) is 17.1. The number of ketones is 1. The Kier molecular flexibility index (Phi) is 7.65. The summed E-state index contributed by atoms with van der Waals surface area (Å²) in [6, 6.07) is 8.10. The van der Waals surface area contributed by atoms with Gasteiger partial charge in [0.1, 0.15) is 23.3 Å². The number of likely N-dealkylation sites (tertiary alicyclic amines) is 1. The molecule has 1 atom stereocenters. The van der Waals surface area contributed by atoms with Gasteiger partial charge in [-0.15, -0.1) is 0 Å². The minimum absolute atomic E-state index is 0.0471. The SMILES string of the molecule is Cc1ccc([C@@H]2/C(=C(\O)c3ccc(S(=O)(=O)N(C)C)cc3)C(=O)C(=O)N2CCCN2CCOCC2)o1. The fourth-order valence-electron chi connectivity index (χ4n) is 4.45. The third kappa shape index (κ3) is 5.10. The molecule has 0 spiro atoms. The first-order valence-corrected chi connectivity index (χ1v) is 13.2. The molecule has 1 aromatic carbocycles. The number of carbonyl (C=O) groups excluding carboxylic acids is 2. The van der Waals surface area contributed by atoms with Gasteiger partial charge in [0.25, 0.3) is 11.7 Å². The van der Waals surface area contributed by atoms with Gasteiger partial charge in [0.15, 0.2) is 0 Å². The lowest BCUT2D eigenvalue weighted by atomic mass is 9.99. The van der Waals surface area contributed by atoms with Crippen LogP contribution in [-0.4, -0.2) is 92.8 Å². The zero-order chi connectivity index (χ0) is 26.0. The second-order valence-corrected chi connectivity index (χ2v) is 11.2. The molecule has 0 unspecified atom stereocenters. The van der Waals surface area contributed by atoms with E-state index in [4.69, 9.17) is 9.15 Å². The fourth-order valence-corrected chi connectivity index (χ4v) is 5.35. The molecule has 2 aliphatic rings. The minimum atomic E-state index is -3.66. The van der Waals surface area contributed by atoms with Crippen molar-refractivity contribution in [2.75, 3.05) is 53.5 Å². The van der Waals surface area contributed by atoms with Crippen LogP contribution in [0.4, 0.5) is 0 Å². The van der Waals surface area contributed by atoms with Crippen molar-refractivity contribution in [3.8, 4) is 0 Å². The molecule has 0 radical (unpaired) electrons. The van der Waals surface area contributed by atoms with Gasteiger partial charge in [-0.2, -0.15) is 0 Å². The maximum absolute atomic E-state index is 13.1. The summed E-state index contributed by atoms with van der Waals surface area (Å²) in [4.78, 5) is 29.9. The van der Waals surface area contributed by atoms with Crippen molar-refractivity contribution >= 4 is 27.5 Å². The number of rotatable bonds is 8. The van der Waals surface area contributed by atoms with Crippen molar-refractivity contribution < 1.29 is 32.3 Å². The van der Waals surface area contributed by atoms with E-state index in [1.165, 1.54) is 43.3 Å². The lowest BCUT2D eigenvalue weighted by Gasteiger charge is -2.28. The van der Waals surface area contributed by atoms with Gasteiger partial charge in [0.05, 0.1) is 23.7 Å². The van der Waals surface area contributed by atoms with Gasteiger partial charge in [-0.25, -0.2) is 12.7 Å². The quantitative estimate of drug-likeness (QED) is 0.321. The van der Waals surface area contributed by atoms with E-state index < -0.39 is 27.8 Å². The van der Waals surface area contributed by atoms with Crippen LogP contribution < -0.4 is 0 Å². The number of benzene rings is 1. The number of carbonyl (C=O) groups is 2. The summed E-state index contributed by atoms with van der Waals surface area (Å²) in [6.07, 6.45) is 0.639. The van der Waals surface area contributed by atoms with Gasteiger partial charge in [-0.05, 0) is 49.7 Å². The maximum atomic E-state index is 13.1. The second kappa shape index (κ2) is 10.6. The van der Waals surface area contributed by atoms with Gasteiger partial charge in [-0.3, -0.25) is 14.5 Å². The van der Waals surface area contributed by atoms with Crippen molar-refractivity contribution in [3.63, 3.8) is 0 Å². The molecule has 1 N–H and O–H groups in total. The number of nitrogens with zero attached hydrogens (tertiary/aromatic N) is 3. The first-order valence-electron chi connectivity index (χ1n) is 11.8. The van der Waals surface area contributed by atoms with Crippen LogP contribution in [0.2, 0.25) is 0 Å². The van der Waals surface area contributed by atoms with Crippen LogP contribution in [0.1, 0.15) is 29.5 Å². The number of morpholine rings is 1. The summed E-state index contributed by atoms with van der Waals surface area (Å²) in [6.45, 7) is 5.80. The van der Waals surface area contributed by atoms with E-state index in [0.29, 0.717) is 37.7 Å². The van der Waals surface area contributed by atoms with Gasteiger partial charge in [0, 0.05) is 45.8 Å². The zero-order valence-electron chi connectivity index (χ0n) is 20.6. The van der Waals surface area contributed by atoms with E-state index >= 15 is 0 Å². The molecular weight excluding hydrogens is 486 g/mol. The van der Waals surface area contributed by atoms with Gasteiger partial charge < -0.3 is 19.2 Å². The number of hydrogen-bond donors (Lipinski definition) is 1. The van der Waals surface area contributed by atoms with Gasteiger partial charge in [-0.1, -0.05) is 0 Å². The number of aliphatic hydroxyl groups is 1. The summed E-state index contributed by atoms with van der Waals surface area (Å²) in [5.74, 6) is -0.891. The Morgan fingerprint density at radius 3 is 2.31 bits per heavy atom. The average Bonchev–Trinajstić information content (AvgIpc) is 3.40. The molecule has 1 amide bonds. The second-order valence-electron chi connectivity index (χ2n) is 9.06. The molecule has 1 aromatic heterocycles. The minimum Gasteiger partial charge on any atom is -0.507 e. The lowest BCUT2D eigenvalue weighted by Crippen LogP contribution is -2.38. The Balaban J connectivity index is 1.66. The Hall–Kier alpha value is -2.99. The van der Waals surface area contributed by atoms with Crippen molar-refractivity contribution in [2.24, 2.45) is 0 Å². The lowest BCUT2D eigenvalue weighted by molar-refractivity contribution is -0.140. The van der Waals surface area contributed by atoms with Crippen molar-refractivity contribution in [1.29, 1.82) is 0 Å². The molecular formula is C25H31N3O7S. The van der Waals surface area contributed by atoms with Crippen molar-refractivity contribution in [1.82, 2.24) is 14.1 Å². The monoisotopic (exact) mass is 517 g/mol. The van der Waals surface area contributed by atoms with Crippen molar-refractivity contribution in [2.45, 2.75) is 24.3 Å². The third-order valence-electron chi connectivity index (χ3n) is 6.45. The number of amides is 1. The standard InChI is InChI=1S/C25H31N3O7S/c1-17-5-10-20(35-17)22-21(23(29)18-6-8-19(9-7-18)36(32,33)26(2)3)24(30)25(31)28(22)12-4-11-27-13-15-34-16-14-27/h5-10,22,29H,4,11-16H2,1-3H3/b23-21+/t22-/m1/s1. The molecule has 2 aromatic rings. The normalized spacial score (nSPS) is 21.0. The Bertz CT molecular complexity index is 1260. The Morgan fingerprint density at radius 1 is 1.06 bits per heavy atom. The van der Waals surface area contributed by atoms with Crippen LogP contribution in [0, 0.1) is 6.92 Å². The highest BCUT2D eigenvalue weighted by Gasteiger charge is 2.47. The number of ether oxygens (including phenoxy) is 1. The van der Waals surface area contributed by atoms with E-state index in [-0.39, 0.29) is 21.8 Å². The summed E-state index contributed by atoms with van der Waals surface area (Å²) in [5.41, 5.74) is 0.149. The number of hydrogen-bond acceptors (Lipinski definition) is 8. The summed E-state index contributed by atoms with van der Waals surface area (Å²) in [5, 5.41) is 11.2. The predicted molar refractivity (Wildman–Crippen MR) is 132 cm³/mol. The molecule has 194 valence electrons. The number of Topliss-reactive ketones (excluding diaryl/α,β-unsaturated/α-hetero) is 1. The molecule has 3 heterocycles. The summed E-state index contributed by atoms with van der Waals surface area (Å²) in [7, 11) is -0.806. The zero-order valence-corrected chi connectivity index (χ0v) is 21.5. The van der Waals surface area contributed by atoms with Crippen LogP contribution in [0.5, 0.6) is 0 Å². The van der Waals surface area contributed by atoms with Crippen LogP contribution in [0.3, 0.4) is 0 Å². The van der Waals surface area contributed by atoms with Crippen LogP contribution in [0.15, 0.2) is 51.3 Å². The molecule has 2 saturated heterocycles. The van der Waals surface area contributed by atoms with E-state index in [9.17, 15) is 23.1 Å². The number of aliphatic hydroxyl groups excluding tert-OH is 1. The molecule has 0 bridgehead atoms. The smallest absolute Gasteiger partial charge is 0.295 e. The molecule has 11 heteroatoms. The van der Waals surface area contributed by atoms with Gasteiger partial charge in [0.2, 0.25) is 10.0 Å². The van der Waals surface area contributed by atoms with E-state index in [1.807, 2.05) is 0 Å². The van der Waals surface area contributed by atoms with Gasteiger partial charge >= 0.3 is 0 Å². The predicted octanol–water partition coefficient (Wildman–Crippen LogP) is 1.98. The Labute approximate surface area is 210 Å². The number of furan rings is 1. The Morgan fingerprint density at radius 2 is 1.72 bits per heavy atom. The fraction of sp³-hybridized carbons (Fsp3) is 0.440. The molecule has 2 fully saturated rings. The third-order valence-corrected chi connectivity index (χ3v) is 8.28. The topological polar surface area (TPSA) is 121 Å². The molecule has 0 saturated carbocycles. The molecule has 36 heavy (non-hydrogen) atoms. The van der Waals surface area contributed by atoms with E-state index in [2.05, 4.69) is 4.90 Å². The largest absolute Gasteiger partial charge is 0.507 e. The molecule has 0 aliphatic carbocycles. The van der Waals surface area contributed by atoms with Crippen LogP contribution in [-0.2, 0) is 24.3 Å². The summed E-state index contributed by atoms with van der Waals surface area (Å²) < 4.78 is 37.0. The highest BCUT2D eigenvalue weighted by molar-refractivity contribution is 7.89. The van der Waals surface area contributed by atoms with Crippen molar-refractivity contribution in [3.05, 3.63) is 59.1 Å². The molecule has 4 rings (SSSR count). The molecule has 10 nitrogen and oxygen atoms in total. The van der Waals surface area contributed by atoms with E-state index in [0.717, 1.165) is 23.9 Å². The highest BCUT2D eigenvalue weighted by Crippen LogP contribution is 2.40.